The highest BCUT2D eigenvalue weighted by Crippen LogP contribution is 2.35. The lowest BCUT2D eigenvalue weighted by molar-refractivity contribution is 0.00577. The molecular weight excluding hydrogens is 316 g/mol. The summed E-state index contributed by atoms with van der Waals surface area (Å²) < 4.78 is 7.84. The largest absolute Gasteiger partial charge is 0.381 e. The minimum absolute atomic E-state index is 0.202. The normalized spacial score (nSPS) is 23.3. The number of benzene rings is 1. The summed E-state index contributed by atoms with van der Waals surface area (Å²) in [5.41, 5.74) is 2.66. The summed E-state index contributed by atoms with van der Waals surface area (Å²) in [5.74, 6) is 0. The van der Waals surface area contributed by atoms with Crippen LogP contribution in [-0.4, -0.2) is 28.3 Å². The van der Waals surface area contributed by atoms with E-state index in [9.17, 15) is 0 Å². The van der Waals surface area contributed by atoms with Crippen LogP contribution in [0.2, 0.25) is 0 Å². The van der Waals surface area contributed by atoms with E-state index in [-0.39, 0.29) is 5.41 Å². The number of nitrogens with zero attached hydrogens (tertiary/aromatic N) is 2. The van der Waals surface area contributed by atoms with Crippen LogP contribution < -0.4 is 0 Å². The molecule has 2 heterocycles. The average molecular weight is 337 g/mol. The minimum atomic E-state index is 0.202. The van der Waals surface area contributed by atoms with E-state index in [0.717, 1.165) is 37.9 Å². The third-order valence-electron chi connectivity index (χ3n) is 4.26. The van der Waals surface area contributed by atoms with Gasteiger partial charge in [0.25, 0.3) is 0 Å². The highest BCUT2D eigenvalue weighted by atomic mass is 79.9. The number of alkyl halides is 1. The van der Waals surface area contributed by atoms with Gasteiger partial charge >= 0.3 is 0 Å². The average Bonchev–Trinajstić information content (AvgIpc) is 2.86. The van der Waals surface area contributed by atoms with E-state index in [2.05, 4.69) is 51.8 Å². The Morgan fingerprint density at radius 1 is 1.40 bits per heavy atom. The molecule has 0 amide bonds. The Morgan fingerprint density at radius 3 is 2.95 bits per heavy atom. The molecule has 0 saturated carbocycles. The van der Waals surface area contributed by atoms with E-state index in [1.165, 1.54) is 23.0 Å². The highest BCUT2D eigenvalue weighted by molar-refractivity contribution is 9.09. The molecule has 0 spiro atoms. The topological polar surface area (TPSA) is 27.1 Å². The van der Waals surface area contributed by atoms with Crippen LogP contribution in [0.3, 0.4) is 0 Å². The fourth-order valence-electron chi connectivity index (χ4n) is 3.13. The van der Waals surface area contributed by atoms with E-state index >= 15 is 0 Å². The summed E-state index contributed by atoms with van der Waals surface area (Å²) in [5, 5.41) is 7.11. The molecular formula is C16H21BrN2O. The Morgan fingerprint density at radius 2 is 2.25 bits per heavy atom. The number of rotatable bonds is 4. The Labute approximate surface area is 128 Å². The molecule has 1 fully saturated rings. The molecule has 3 nitrogen and oxygen atoms in total. The SMILES string of the molecule is CCn1nc(CC2(CBr)CCCOC2)c2ccccc21. The number of halogens is 1. The van der Waals surface area contributed by atoms with E-state index in [1.807, 2.05) is 0 Å². The Balaban J connectivity index is 1.97. The van der Waals surface area contributed by atoms with Crippen molar-refractivity contribution in [2.24, 2.45) is 5.41 Å². The molecule has 0 radical (unpaired) electrons. The first-order valence-electron chi connectivity index (χ1n) is 7.36. The predicted octanol–water partition coefficient (Wildman–Crippen LogP) is 3.79. The molecule has 1 aromatic heterocycles. The molecule has 2 aromatic rings. The fourth-order valence-corrected chi connectivity index (χ4v) is 3.77. The number of hydrogen-bond acceptors (Lipinski definition) is 2. The van der Waals surface area contributed by atoms with Gasteiger partial charge in [0.2, 0.25) is 0 Å². The highest BCUT2D eigenvalue weighted by Gasteiger charge is 2.33. The van der Waals surface area contributed by atoms with Crippen molar-refractivity contribution >= 4 is 26.8 Å². The first kappa shape index (κ1) is 14.1. The predicted molar refractivity (Wildman–Crippen MR) is 85.4 cm³/mol. The zero-order chi connectivity index (χ0) is 14.0. The number of ether oxygens (including phenoxy) is 1. The zero-order valence-corrected chi connectivity index (χ0v) is 13.5. The van der Waals surface area contributed by atoms with Gasteiger partial charge in [0, 0.05) is 35.7 Å². The second-order valence-corrected chi connectivity index (χ2v) is 6.31. The molecule has 0 aliphatic carbocycles. The zero-order valence-electron chi connectivity index (χ0n) is 11.9. The molecule has 1 atom stereocenters. The van der Waals surface area contributed by atoms with E-state index in [4.69, 9.17) is 9.84 Å². The lowest BCUT2D eigenvalue weighted by Gasteiger charge is -2.35. The minimum Gasteiger partial charge on any atom is -0.381 e. The number of hydrogen-bond donors (Lipinski definition) is 0. The van der Waals surface area contributed by atoms with E-state index in [0.29, 0.717) is 0 Å². The molecule has 20 heavy (non-hydrogen) atoms. The first-order valence-corrected chi connectivity index (χ1v) is 8.48. The Hall–Kier alpha value is -0.870. The van der Waals surface area contributed by atoms with E-state index < -0.39 is 0 Å². The van der Waals surface area contributed by atoms with Crippen molar-refractivity contribution < 1.29 is 4.74 Å². The van der Waals surface area contributed by atoms with Gasteiger partial charge in [-0.1, -0.05) is 34.1 Å². The van der Waals surface area contributed by atoms with Crippen LogP contribution in [0.1, 0.15) is 25.5 Å². The number of para-hydroxylation sites is 1. The van der Waals surface area contributed by atoms with Crippen LogP contribution in [0.4, 0.5) is 0 Å². The summed E-state index contributed by atoms with van der Waals surface area (Å²) >= 11 is 3.70. The summed E-state index contributed by atoms with van der Waals surface area (Å²) in [6.07, 6.45) is 3.36. The Kier molecular flexibility index (Phi) is 4.13. The molecule has 0 N–H and O–H groups in total. The van der Waals surface area contributed by atoms with Crippen LogP contribution in [-0.2, 0) is 17.7 Å². The summed E-state index contributed by atoms with van der Waals surface area (Å²) in [4.78, 5) is 0. The van der Waals surface area contributed by atoms with Crippen molar-refractivity contribution in [1.29, 1.82) is 0 Å². The van der Waals surface area contributed by atoms with Crippen molar-refractivity contribution in [3.05, 3.63) is 30.0 Å². The third kappa shape index (κ3) is 2.51. The van der Waals surface area contributed by atoms with Gasteiger partial charge in [-0.15, -0.1) is 0 Å². The monoisotopic (exact) mass is 336 g/mol. The molecule has 1 aliphatic heterocycles. The van der Waals surface area contributed by atoms with Crippen molar-refractivity contribution in [2.75, 3.05) is 18.5 Å². The molecule has 0 bridgehead atoms. The van der Waals surface area contributed by atoms with Crippen molar-refractivity contribution in [1.82, 2.24) is 9.78 Å². The van der Waals surface area contributed by atoms with Gasteiger partial charge < -0.3 is 4.74 Å². The maximum absolute atomic E-state index is 5.73. The first-order chi connectivity index (χ1) is 9.78. The molecule has 1 saturated heterocycles. The number of aryl methyl sites for hydroxylation is 1. The second-order valence-electron chi connectivity index (χ2n) is 5.75. The molecule has 1 unspecified atom stereocenters. The smallest absolute Gasteiger partial charge is 0.0710 e. The van der Waals surface area contributed by atoms with Crippen molar-refractivity contribution in [2.45, 2.75) is 32.7 Å². The van der Waals surface area contributed by atoms with Crippen molar-refractivity contribution in [3.63, 3.8) is 0 Å². The van der Waals surface area contributed by atoms with Crippen LogP contribution in [0.25, 0.3) is 10.9 Å². The third-order valence-corrected chi connectivity index (χ3v) is 5.45. The quantitative estimate of drug-likeness (QED) is 0.794. The standard InChI is InChI=1S/C16H21BrN2O/c1-2-19-15-7-4-3-6-13(15)14(18-19)10-16(11-17)8-5-9-20-12-16/h3-4,6-7H,2,5,8-12H2,1H3. The molecule has 1 aliphatic rings. The number of fused-ring (bicyclic) bond motifs is 1. The Bertz CT molecular complexity index is 587. The summed E-state index contributed by atoms with van der Waals surface area (Å²) in [7, 11) is 0. The lowest BCUT2D eigenvalue weighted by atomic mass is 9.80. The van der Waals surface area contributed by atoms with Crippen LogP contribution in [0.15, 0.2) is 24.3 Å². The molecule has 4 heteroatoms. The van der Waals surface area contributed by atoms with Gasteiger partial charge in [-0.25, -0.2) is 0 Å². The fraction of sp³-hybridized carbons (Fsp3) is 0.562. The summed E-state index contributed by atoms with van der Waals surface area (Å²) in [6, 6.07) is 8.54. The number of aromatic nitrogens is 2. The van der Waals surface area contributed by atoms with Gasteiger partial charge in [0.05, 0.1) is 17.8 Å². The van der Waals surface area contributed by atoms with Gasteiger partial charge in [-0.2, -0.15) is 5.10 Å². The van der Waals surface area contributed by atoms with Gasteiger partial charge in [0.1, 0.15) is 0 Å². The maximum atomic E-state index is 5.73. The van der Waals surface area contributed by atoms with E-state index in [1.54, 1.807) is 0 Å². The van der Waals surface area contributed by atoms with Gasteiger partial charge in [0.15, 0.2) is 0 Å². The molecule has 3 rings (SSSR count). The van der Waals surface area contributed by atoms with Crippen LogP contribution >= 0.6 is 15.9 Å². The van der Waals surface area contributed by atoms with Crippen LogP contribution in [0, 0.1) is 5.41 Å². The summed E-state index contributed by atoms with van der Waals surface area (Å²) in [6.45, 7) is 4.80. The van der Waals surface area contributed by atoms with Gasteiger partial charge in [-0.3, -0.25) is 4.68 Å². The maximum Gasteiger partial charge on any atom is 0.0710 e. The second kappa shape index (κ2) is 5.86. The van der Waals surface area contributed by atoms with Crippen molar-refractivity contribution in [3.8, 4) is 0 Å². The van der Waals surface area contributed by atoms with Crippen LogP contribution in [0.5, 0.6) is 0 Å². The molecule has 1 aromatic carbocycles. The molecule has 108 valence electrons. The van der Waals surface area contributed by atoms with Gasteiger partial charge in [-0.05, 0) is 25.8 Å². The lowest BCUT2D eigenvalue weighted by Crippen LogP contribution is -2.35.